The van der Waals surface area contributed by atoms with Crippen LogP contribution in [-0.2, 0) is 47.9 Å². The number of amides is 8. The first-order valence-corrected chi connectivity index (χ1v) is 21.3. The molecule has 0 bridgehead atoms. The number of carboxylic acids is 2. The second kappa shape index (κ2) is 27.0. The van der Waals surface area contributed by atoms with E-state index in [0.717, 1.165) is 6.92 Å². The number of aliphatic hydroxyl groups is 3. The van der Waals surface area contributed by atoms with E-state index in [9.17, 15) is 73.5 Å². The summed E-state index contributed by atoms with van der Waals surface area (Å²) in [6, 6.07) is -12.7. The van der Waals surface area contributed by atoms with Crippen molar-refractivity contribution in [3.05, 3.63) is 0 Å². The zero-order chi connectivity index (χ0) is 49.2. The standard InChI is InChI=1S/C40H69N9O15/c1-9-20(6)30(40(63)64)47-32(55)21(7)42-36(59)26(17-51)45-35(58)25(15-18(2)3)44-34(57)24(12-13-28(53)54)43-38(61)31(22(8)52)48-37(60)27-11-10-14-49(27)39(62)29(19(4)5)46-33(56)23(41)16-50/h18-27,29-31,50-52H,9-17,41H2,1-8H3,(H,42,59)(H,43,61)(H,44,57)(H,45,58)(H,46,56)(H,47,55)(H,48,60)(H,53,54)(H,63,64)/t20-,21-,22+,23-,24-,25-,26-,27-,29-,30-,31-/m0/s1. The number of aliphatic hydroxyl groups excluding tert-OH is 3. The van der Waals surface area contributed by atoms with Crippen LogP contribution in [0.15, 0.2) is 0 Å². The number of nitrogens with one attached hydrogen (secondary N) is 7. The lowest BCUT2D eigenvalue weighted by atomic mass is 9.99. The van der Waals surface area contributed by atoms with Crippen LogP contribution in [0.2, 0.25) is 0 Å². The Kier molecular flexibility index (Phi) is 23.9. The zero-order valence-electron chi connectivity index (χ0n) is 37.7. The highest BCUT2D eigenvalue weighted by atomic mass is 16.4. The van der Waals surface area contributed by atoms with Gasteiger partial charge in [-0.15, -0.1) is 0 Å². The molecule has 0 spiro atoms. The van der Waals surface area contributed by atoms with Crippen molar-refractivity contribution in [2.24, 2.45) is 23.5 Å². The van der Waals surface area contributed by atoms with Gasteiger partial charge in [-0.05, 0) is 57.3 Å². The number of hydrogen-bond donors (Lipinski definition) is 13. The van der Waals surface area contributed by atoms with Gasteiger partial charge in [0.15, 0.2) is 0 Å². The van der Waals surface area contributed by atoms with Crippen molar-refractivity contribution >= 4 is 59.2 Å². The number of carbonyl (C=O) groups is 10. The Bertz CT molecular complexity index is 1660. The highest BCUT2D eigenvalue weighted by molar-refractivity contribution is 5.98. The van der Waals surface area contributed by atoms with E-state index in [1.54, 1.807) is 41.5 Å². The maximum Gasteiger partial charge on any atom is 0.326 e. The Balaban J connectivity index is 3.24. The Hall–Kier alpha value is -5.46. The van der Waals surface area contributed by atoms with Gasteiger partial charge in [0.1, 0.15) is 54.4 Å². The first kappa shape index (κ1) is 56.6. The molecule has 11 atom stereocenters. The molecule has 24 heteroatoms. The summed E-state index contributed by atoms with van der Waals surface area (Å²) < 4.78 is 0. The number of aliphatic carboxylic acids is 2. The van der Waals surface area contributed by atoms with Gasteiger partial charge in [0, 0.05) is 13.0 Å². The van der Waals surface area contributed by atoms with Crippen molar-refractivity contribution in [2.45, 2.75) is 154 Å². The minimum atomic E-state index is -1.75. The summed E-state index contributed by atoms with van der Waals surface area (Å²) in [5.41, 5.74) is 5.60. The van der Waals surface area contributed by atoms with Crippen LogP contribution in [0.4, 0.5) is 0 Å². The Morgan fingerprint density at radius 1 is 0.656 bits per heavy atom. The van der Waals surface area contributed by atoms with Gasteiger partial charge in [-0.2, -0.15) is 0 Å². The summed E-state index contributed by atoms with van der Waals surface area (Å²) in [4.78, 5) is 131. The molecule has 0 aromatic heterocycles. The molecule has 364 valence electrons. The van der Waals surface area contributed by atoms with E-state index in [2.05, 4.69) is 37.2 Å². The van der Waals surface area contributed by atoms with Gasteiger partial charge in [-0.25, -0.2) is 4.79 Å². The molecule has 1 heterocycles. The summed E-state index contributed by atoms with van der Waals surface area (Å²) in [5, 5.41) is 65.4. The molecule has 1 fully saturated rings. The number of carbonyl (C=O) groups excluding carboxylic acids is 8. The van der Waals surface area contributed by atoms with Crippen LogP contribution >= 0.6 is 0 Å². The van der Waals surface area contributed by atoms with E-state index >= 15 is 0 Å². The van der Waals surface area contributed by atoms with Crippen molar-refractivity contribution in [1.82, 2.24) is 42.1 Å². The van der Waals surface area contributed by atoms with Crippen LogP contribution in [0.1, 0.15) is 93.9 Å². The lowest BCUT2D eigenvalue weighted by Crippen LogP contribution is -2.62. The van der Waals surface area contributed by atoms with Crippen LogP contribution in [0.3, 0.4) is 0 Å². The molecule has 0 saturated carbocycles. The van der Waals surface area contributed by atoms with Crippen molar-refractivity contribution in [3.63, 3.8) is 0 Å². The van der Waals surface area contributed by atoms with Gasteiger partial charge in [-0.3, -0.25) is 43.2 Å². The van der Waals surface area contributed by atoms with Gasteiger partial charge in [0.05, 0.1) is 19.3 Å². The van der Waals surface area contributed by atoms with Gasteiger partial charge >= 0.3 is 11.9 Å². The van der Waals surface area contributed by atoms with Crippen LogP contribution in [0.25, 0.3) is 0 Å². The van der Waals surface area contributed by atoms with Gasteiger partial charge < -0.3 is 73.4 Å². The van der Waals surface area contributed by atoms with Crippen molar-refractivity contribution in [2.75, 3.05) is 19.8 Å². The van der Waals surface area contributed by atoms with Crippen molar-refractivity contribution < 1.29 is 73.5 Å². The molecule has 0 aromatic carbocycles. The Morgan fingerprint density at radius 3 is 1.70 bits per heavy atom. The topological polar surface area (TPSA) is 385 Å². The predicted molar refractivity (Wildman–Crippen MR) is 226 cm³/mol. The third-order valence-electron chi connectivity index (χ3n) is 10.6. The SMILES string of the molecule is CC[C@H](C)[C@H](NC(=O)[C@H](C)NC(=O)[C@H](CO)NC(=O)[C@H](CC(C)C)NC(=O)[C@H](CCC(=O)O)NC(=O)[C@@H](NC(=O)[C@@H]1CCCN1C(=O)[C@@H](NC(=O)[C@@H](N)CO)C(C)C)[C@@H](C)O)C(=O)O. The first-order valence-electron chi connectivity index (χ1n) is 21.3. The lowest BCUT2D eigenvalue weighted by Gasteiger charge is -2.32. The molecule has 1 aliphatic heterocycles. The maximum absolute atomic E-state index is 13.7. The third kappa shape index (κ3) is 17.6. The van der Waals surface area contributed by atoms with Crippen LogP contribution in [0.5, 0.6) is 0 Å². The van der Waals surface area contributed by atoms with Crippen molar-refractivity contribution in [3.8, 4) is 0 Å². The Morgan fingerprint density at radius 2 is 1.20 bits per heavy atom. The normalized spacial score (nSPS) is 18.4. The maximum atomic E-state index is 13.7. The summed E-state index contributed by atoms with van der Waals surface area (Å²) in [7, 11) is 0. The number of rotatable bonds is 27. The van der Waals surface area contributed by atoms with E-state index in [-0.39, 0.29) is 25.3 Å². The fraction of sp³-hybridized carbons (Fsp3) is 0.750. The van der Waals surface area contributed by atoms with Gasteiger partial charge in [0.2, 0.25) is 47.3 Å². The molecule has 1 saturated heterocycles. The number of hydrogen-bond acceptors (Lipinski definition) is 14. The van der Waals surface area contributed by atoms with Gasteiger partial charge in [0.25, 0.3) is 0 Å². The summed E-state index contributed by atoms with van der Waals surface area (Å²) in [6.45, 7) is 10.9. The number of carboxylic acid groups (broad SMARTS) is 2. The number of likely N-dealkylation sites (tertiary alicyclic amines) is 1. The molecule has 0 radical (unpaired) electrons. The second-order valence-electron chi connectivity index (χ2n) is 16.8. The highest BCUT2D eigenvalue weighted by Gasteiger charge is 2.41. The monoisotopic (exact) mass is 915 g/mol. The largest absolute Gasteiger partial charge is 0.481 e. The summed E-state index contributed by atoms with van der Waals surface area (Å²) in [6.07, 6.45) is -1.93. The average molecular weight is 916 g/mol. The van der Waals surface area contributed by atoms with Crippen molar-refractivity contribution in [1.29, 1.82) is 0 Å². The zero-order valence-corrected chi connectivity index (χ0v) is 37.7. The lowest BCUT2D eigenvalue weighted by molar-refractivity contribution is -0.144. The second-order valence-corrected chi connectivity index (χ2v) is 16.8. The van der Waals surface area contributed by atoms with Crippen LogP contribution in [0, 0.1) is 17.8 Å². The highest BCUT2D eigenvalue weighted by Crippen LogP contribution is 2.21. The molecule has 64 heavy (non-hydrogen) atoms. The average Bonchev–Trinajstić information content (AvgIpc) is 3.72. The third-order valence-corrected chi connectivity index (χ3v) is 10.6. The smallest absolute Gasteiger partial charge is 0.326 e. The molecule has 8 amide bonds. The number of nitrogens with zero attached hydrogens (tertiary/aromatic N) is 1. The molecule has 1 aliphatic rings. The van der Waals surface area contributed by atoms with E-state index in [0.29, 0.717) is 12.8 Å². The molecule has 24 nitrogen and oxygen atoms in total. The van der Waals surface area contributed by atoms with E-state index in [4.69, 9.17) is 5.73 Å². The molecule has 0 unspecified atom stereocenters. The van der Waals surface area contributed by atoms with E-state index in [1.165, 1.54) is 11.8 Å². The fourth-order valence-corrected chi connectivity index (χ4v) is 6.57. The molecule has 14 N–H and O–H groups in total. The number of nitrogens with two attached hydrogens (primary N) is 1. The van der Waals surface area contributed by atoms with E-state index < -0.39 is 158 Å². The molecule has 0 aliphatic carbocycles. The Labute approximate surface area is 372 Å². The van der Waals surface area contributed by atoms with E-state index in [1.807, 2.05) is 0 Å². The molecule has 1 rings (SSSR count). The predicted octanol–water partition coefficient (Wildman–Crippen LogP) is -4.22. The minimum Gasteiger partial charge on any atom is -0.481 e. The summed E-state index contributed by atoms with van der Waals surface area (Å²) >= 11 is 0. The quantitative estimate of drug-likeness (QED) is 0.0371. The van der Waals surface area contributed by atoms with Crippen LogP contribution in [-0.4, -0.2) is 170 Å². The van der Waals surface area contributed by atoms with Crippen LogP contribution < -0.4 is 43.0 Å². The summed E-state index contributed by atoms with van der Waals surface area (Å²) in [5.74, 6) is -11.2. The minimum absolute atomic E-state index is 0.0690. The molecule has 0 aromatic rings. The fourth-order valence-electron chi connectivity index (χ4n) is 6.57. The van der Waals surface area contributed by atoms with Gasteiger partial charge in [-0.1, -0.05) is 48.0 Å². The molecular weight excluding hydrogens is 846 g/mol. The molecular formula is C40H69N9O15. The first-order chi connectivity index (χ1) is 29.8.